The van der Waals surface area contributed by atoms with Crippen molar-refractivity contribution in [3.8, 4) is 5.75 Å². The van der Waals surface area contributed by atoms with Crippen LogP contribution in [-0.4, -0.2) is 75.4 Å². The highest BCUT2D eigenvalue weighted by atomic mass is 32.2. The van der Waals surface area contributed by atoms with Crippen molar-refractivity contribution in [2.45, 2.75) is 6.42 Å². The summed E-state index contributed by atoms with van der Waals surface area (Å²) in [6, 6.07) is 11.0. The van der Waals surface area contributed by atoms with Crippen LogP contribution in [0.15, 0.2) is 46.9 Å². The second kappa shape index (κ2) is 10.1. The number of phenols is 1. The van der Waals surface area contributed by atoms with Crippen molar-refractivity contribution in [3.05, 3.63) is 59.2 Å². The lowest BCUT2D eigenvalue weighted by Gasteiger charge is -2.19. The molecule has 35 heavy (non-hydrogen) atoms. The van der Waals surface area contributed by atoms with Crippen molar-refractivity contribution in [2.24, 2.45) is 16.0 Å². The van der Waals surface area contributed by atoms with E-state index >= 15 is 0 Å². The number of nitrogens with zero attached hydrogens (tertiary/aromatic N) is 3. The molecule has 1 heterocycles. The Kier molecular flexibility index (Phi) is 7.44. The SMILES string of the molecule is CN(C)C(=NS(C)(=O)=O)c1ccc(N2CC(CNC(=O)c3ccc(O)c(C(=N)N)c3)CC2=O)cc1. The van der Waals surface area contributed by atoms with Crippen LogP contribution in [0.5, 0.6) is 5.75 Å². The summed E-state index contributed by atoms with van der Waals surface area (Å²) < 4.78 is 27.0. The Hall–Kier alpha value is -3.93. The zero-order valence-corrected chi connectivity index (χ0v) is 20.5. The molecule has 1 unspecified atom stereocenters. The molecule has 0 bridgehead atoms. The number of amides is 2. The molecule has 0 spiro atoms. The van der Waals surface area contributed by atoms with Crippen LogP contribution in [-0.2, 0) is 14.8 Å². The van der Waals surface area contributed by atoms with Gasteiger partial charge in [-0.15, -0.1) is 4.40 Å². The molecule has 0 saturated carbocycles. The first kappa shape index (κ1) is 25.7. The molecule has 12 heteroatoms. The summed E-state index contributed by atoms with van der Waals surface area (Å²) in [6.45, 7) is 0.673. The van der Waals surface area contributed by atoms with E-state index in [2.05, 4.69) is 9.71 Å². The maximum Gasteiger partial charge on any atom is 0.252 e. The van der Waals surface area contributed by atoms with Gasteiger partial charge in [-0.05, 0) is 42.5 Å². The number of carbonyl (C=O) groups excluding carboxylic acids is 2. The lowest BCUT2D eigenvalue weighted by atomic mass is 10.1. The van der Waals surface area contributed by atoms with E-state index in [-0.39, 0.29) is 53.3 Å². The van der Waals surface area contributed by atoms with Gasteiger partial charge in [0.05, 0.1) is 11.8 Å². The predicted octanol–water partition coefficient (Wildman–Crippen LogP) is 0.727. The van der Waals surface area contributed by atoms with Crippen molar-refractivity contribution in [2.75, 3.05) is 38.3 Å². The lowest BCUT2D eigenvalue weighted by Crippen LogP contribution is -2.31. The molecule has 0 aliphatic carbocycles. The third-order valence-electron chi connectivity index (χ3n) is 5.42. The summed E-state index contributed by atoms with van der Waals surface area (Å²) in [5, 5.41) is 20.0. The van der Waals surface area contributed by atoms with Crippen LogP contribution in [0.2, 0.25) is 0 Å². The van der Waals surface area contributed by atoms with E-state index in [1.54, 1.807) is 48.2 Å². The van der Waals surface area contributed by atoms with E-state index in [1.165, 1.54) is 18.2 Å². The van der Waals surface area contributed by atoms with Crippen LogP contribution in [0.4, 0.5) is 5.69 Å². The molecule has 2 aromatic carbocycles. The molecule has 1 saturated heterocycles. The number of nitrogens with one attached hydrogen (secondary N) is 2. The molecule has 1 aliphatic rings. The minimum Gasteiger partial charge on any atom is -0.507 e. The third-order valence-corrected chi connectivity index (χ3v) is 5.92. The number of rotatable bonds is 7. The normalized spacial score (nSPS) is 16.3. The molecule has 1 aliphatic heterocycles. The molecule has 2 amide bonds. The van der Waals surface area contributed by atoms with Gasteiger partial charge in [-0.2, -0.15) is 0 Å². The van der Waals surface area contributed by atoms with Crippen molar-refractivity contribution in [1.29, 1.82) is 5.41 Å². The van der Waals surface area contributed by atoms with Gasteiger partial charge in [-0.25, -0.2) is 8.42 Å². The Morgan fingerprint density at radius 3 is 2.43 bits per heavy atom. The number of amidine groups is 2. The van der Waals surface area contributed by atoms with E-state index < -0.39 is 15.9 Å². The highest BCUT2D eigenvalue weighted by molar-refractivity contribution is 7.89. The summed E-state index contributed by atoms with van der Waals surface area (Å²) in [5.41, 5.74) is 7.00. The molecular formula is C23H28N6O5S. The Bertz CT molecular complexity index is 1290. The monoisotopic (exact) mass is 500 g/mol. The predicted molar refractivity (Wildman–Crippen MR) is 133 cm³/mol. The van der Waals surface area contributed by atoms with Gasteiger partial charge in [0, 0.05) is 56.3 Å². The maximum absolute atomic E-state index is 12.6. The average molecular weight is 501 g/mol. The van der Waals surface area contributed by atoms with Crippen molar-refractivity contribution in [3.63, 3.8) is 0 Å². The maximum atomic E-state index is 12.6. The summed E-state index contributed by atoms with van der Waals surface area (Å²) in [4.78, 5) is 28.3. The molecule has 0 radical (unpaired) electrons. The number of hydrogen-bond donors (Lipinski definition) is 4. The van der Waals surface area contributed by atoms with Gasteiger partial charge in [-0.3, -0.25) is 15.0 Å². The van der Waals surface area contributed by atoms with Crippen LogP contribution >= 0.6 is 0 Å². The lowest BCUT2D eigenvalue weighted by molar-refractivity contribution is -0.117. The first-order chi connectivity index (χ1) is 16.4. The van der Waals surface area contributed by atoms with Gasteiger partial charge in [-0.1, -0.05) is 0 Å². The highest BCUT2D eigenvalue weighted by Gasteiger charge is 2.31. The van der Waals surface area contributed by atoms with Gasteiger partial charge >= 0.3 is 0 Å². The Balaban J connectivity index is 1.66. The number of aromatic hydroxyl groups is 1. The Morgan fingerprint density at radius 1 is 1.23 bits per heavy atom. The van der Waals surface area contributed by atoms with Gasteiger partial charge in [0.1, 0.15) is 17.4 Å². The molecule has 2 aromatic rings. The van der Waals surface area contributed by atoms with Crippen LogP contribution < -0.4 is 16.0 Å². The Labute approximate surface area is 203 Å². The molecule has 11 nitrogen and oxygen atoms in total. The number of carbonyl (C=O) groups is 2. The van der Waals surface area contributed by atoms with Crippen LogP contribution in [0.25, 0.3) is 0 Å². The zero-order valence-electron chi connectivity index (χ0n) is 19.6. The number of sulfonamides is 1. The molecule has 0 aromatic heterocycles. The van der Waals surface area contributed by atoms with Crippen LogP contribution in [0, 0.1) is 11.3 Å². The van der Waals surface area contributed by atoms with Crippen molar-refractivity contribution in [1.82, 2.24) is 10.2 Å². The molecule has 3 rings (SSSR count). The quantitative estimate of drug-likeness (QED) is 0.321. The highest BCUT2D eigenvalue weighted by Crippen LogP contribution is 2.26. The number of nitrogen functional groups attached to an aromatic ring is 1. The standard InChI is InChI=1S/C23H28N6O5S/c1-28(2)22(27-35(3,33)34)15-4-7-17(8-5-15)29-13-14(10-20(29)31)12-26-23(32)16-6-9-19(30)18(11-16)21(24)25/h4-9,11,14,30H,10,12-13H2,1-3H3,(H3,24,25)(H,26,32). The number of benzene rings is 2. The summed E-state index contributed by atoms with van der Waals surface area (Å²) in [5.74, 6) is -0.839. The first-order valence-electron chi connectivity index (χ1n) is 10.7. The zero-order chi connectivity index (χ0) is 25.9. The molecule has 5 N–H and O–H groups in total. The second-order valence-electron chi connectivity index (χ2n) is 8.52. The van der Waals surface area contributed by atoms with Crippen LogP contribution in [0.1, 0.15) is 27.9 Å². The van der Waals surface area contributed by atoms with Crippen molar-refractivity contribution >= 4 is 39.2 Å². The van der Waals surface area contributed by atoms with Crippen molar-refractivity contribution < 1.29 is 23.1 Å². The minimum absolute atomic E-state index is 0.0716. The number of anilines is 1. The van der Waals surface area contributed by atoms with E-state index in [4.69, 9.17) is 11.1 Å². The molecule has 186 valence electrons. The minimum atomic E-state index is -3.58. The summed E-state index contributed by atoms with van der Waals surface area (Å²) in [6.07, 6.45) is 1.28. The van der Waals surface area contributed by atoms with Crippen LogP contribution in [0.3, 0.4) is 0 Å². The summed E-state index contributed by atoms with van der Waals surface area (Å²) >= 11 is 0. The van der Waals surface area contributed by atoms with Gasteiger partial charge in [0.25, 0.3) is 15.9 Å². The number of hydrogen-bond acceptors (Lipinski definition) is 6. The average Bonchev–Trinajstić information content (AvgIpc) is 3.15. The number of phenolic OH excluding ortho intramolecular Hbond substituents is 1. The largest absolute Gasteiger partial charge is 0.507 e. The topological polar surface area (TPSA) is 169 Å². The van der Waals surface area contributed by atoms with E-state index in [0.717, 1.165) is 6.26 Å². The smallest absolute Gasteiger partial charge is 0.252 e. The fourth-order valence-corrected chi connectivity index (χ4v) is 4.32. The Morgan fingerprint density at radius 2 is 1.86 bits per heavy atom. The third kappa shape index (κ3) is 6.35. The van der Waals surface area contributed by atoms with E-state index in [1.807, 2.05) is 0 Å². The molecular weight excluding hydrogens is 472 g/mol. The number of nitrogens with two attached hydrogens (primary N) is 1. The van der Waals surface area contributed by atoms with E-state index in [0.29, 0.717) is 17.8 Å². The fraction of sp³-hybridized carbons (Fsp3) is 0.304. The van der Waals surface area contributed by atoms with Gasteiger partial charge in [0.15, 0.2) is 0 Å². The van der Waals surface area contributed by atoms with E-state index in [9.17, 15) is 23.1 Å². The first-order valence-corrected chi connectivity index (χ1v) is 12.5. The second-order valence-corrected chi connectivity index (χ2v) is 10.2. The molecule has 1 atom stereocenters. The fourth-order valence-electron chi connectivity index (χ4n) is 3.74. The van der Waals surface area contributed by atoms with Gasteiger partial charge < -0.3 is 26.0 Å². The molecule has 1 fully saturated rings. The van der Waals surface area contributed by atoms with Gasteiger partial charge in [0.2, 0.25) is 5.91 Å². The summed E-state index contributed by atoms with van der Waals surface area (Å²) in [7, 11) is -0.194.